The summed E-state index contributed by atoms with van der Waals surface area (Å²) in [6, 6.07) is 0. The SMILES string of the molecule is C=CCO[C@@H]1[C@H](O)[C@@H](O)O[C@H](CO)[C@H]1O. The van der Waals surface area contributed by atoms with Crippen LogP contribution in [0.4, 0.5) is 0 Å². The third kappa shape index (κ3) is 2.75. The summed E-state index contributed by atoms with van der Waals surface area (Å²) in [7, 11) is 0. The lowest BCUT2D eigenvalue weighted by atomic mass is 9.99. The van der Waals surface area contributed by atoms with Gasteiger partial charge in [-0.05, 0) is 0 Å². The first-order valence-electron chi connectivity index (χ1n) is 4.64. The summed E-state index contributed by atoms with van der Waals surface area (Å²) in [4.78, 5) is 0. The lowest BCUT2D eigenvalue weighted by molar-refractivity contribution is -0.292. The van der Waals surface area contributed by atoms with Crippen LogP contribution in [-0.4, -0.2) is 64.3 Å². The maximum absolute atomic E-state index is 9.63. The maximum atomic E-state index is 9.63. The molecule has 0 unspecified atom stereocenters. The Balaban J connectivity index is 2.65. The highest BCUT2D eigenvalue weighted by atomic mass is 16.6. The number of rotatable bonds is 4. The summed E-state index contributed by atoms with van der Waals surface area (Å²) in [5, 5.41) is 37.2. The highest BCUT2D eigenvalue weighted by Crippen LogP contribution is 2.22. The first-order chi connectivity index (χ1) is 7.11. The van der Waals surface area contributed by atoms with E-state index < -0.39 is 37.3 Å². The van der Waals surface area contributed by atoms with Crippen LogP contribution in [0.1, 0.15) is 0 Å². The second kappa shape index (κ2) is 5.55. The smallest absolute Gasteiger partial charge is 0.184 e. The maximum Gasteiger partial charge on any atom is 0.184 e. The summed E-state index contributed by atoms with van der Waals surface area (Å²) in [6.07, 6.45) is -4.51. The molecule has 1 rings (SSSR count). The fraction of sp³-hybridized carbons (Fsp3) is 0.778. The Labute approximate surface area is 87.4 Å². The quantitative estimate of drug-likeness (QED) is 0.408. The molecule has 6 heteroatoms. The van der Waals surface area contributed by atoms with Crippen molar-refractivity contribution in [3.05, 3.63) is 12.7 Å². The molecule has 88 valence electrons. The summed E-state index contributed by atoms with van der Waals surface area (Å²) in [5.41, 5.74) is 0. The Hall–Kier alpha value is -0.500. The Morgan fingerprint density at radius 3 is 2.47 bits per heavy atom. The highest BCUT2D eigenvalue weighted by molar-refractivity contribution is 4.90. The van der Waals surface area contributed by atoms with Gasteiger partial charge in [0.05, 0.1) is 13.2 Å². The van der Waals surface area contributed by atoms with E-state index in [1.54, 1.807) is 0 Å². The van der Waals surface area contributed by atoms with E-state index in [0.717, 1.165) is 0 Å². The van der Waals surface area contributed by atoms with Gasteiger partial charge in [-0.15, -0.1) is 6.58 Å². The van der Waals surface area contributed by atoms with Crippen molar-refractivity contribution in [3.63, 3.8) is 0 Å². The van der Waals surface area contributed by atoms with E-state index in [1.165, 1.54) is 6.08 Å². The van der Waals surface area contributed by atoms with Crippen molar-refractivity contribution in [1.29, 1.82) is 0 Å². The molecule has 0 amide bonds. The van der Waals surface area contributed by atoms with Crippen molar-refractivity contribution in [2.24, 2.45) is 0 Å². The van der Waals surface area contributed by atoms with Gasteiger partial charge in [0.1, 0.15) is 24.4 Å². The van der Waals surface area contributed by atoms with Crippen LogP contribution in [0.2, 0.25) is 0 Å². The van der Waals surface area contributed by atoms with Gasteiger partial charge >= 0.3 is 0 Å². The predicted octanol–water partition coefficient (Wildman–Crippen LogP) is -2.01. The molecule has 1 fully saturated rings. The average molecular weight is 220 g/mol. The average Bonchev–Trinajstić information content (AvgIpc) is 2.23. The molecule has 1 aliphatic rings. The van der Waals surface area contributed by atoms with E-state index in [9.17, 15) is 15.3 Å². The number of hydrogen-bond donors (Lipinski definition) is 4. The first kappa shape index (κ1) is 12.6. The van der Waals surface area contributed by atoms with Crippen LogP contribution in [0.25, 0.3) is 0 Å². The van der Waals surface area contributed by atoms with Crippen LogP contribution in [-0.2, 0) is 9.47 Å². The zero-order chi connectivity index (χ0) is 11.4. The van der Waals surface area contributed by atoms with Crippen molar-refractivity contribution in [3.8, 4) is 0 Å². The summed E-state index contributed by atoms with van der Waals surface area (Å²) < 4.78 is 9.86. The van der Waals surface area contributed by atoms with Crippen molar-refractivity contribution >= 4 is 0 Å². The normalized spacial score (nSPS) is 41.5. The van der Waals surface area contributed by atoms with Gasteiger partial charge in [0.25, 0.3) is 0 Å². The fourth-order valence-corrected chi connectivity index (χ4v) is 1.44. The van der Waals surface area contributed by atoms with Crippen LogP contribution < -0.4 is 0 Å². The summed E-state index contributed by atoms with van der Waals surface area (Å²) in [5.74, 6) is 0. The van der Waals surface area contributed by atoms with Crippen molar-refractivity contribution in [2.75, 3.05) is 13.2 Å². The van der Waals surface area contributed by atoms with Crippen LogP contribution in [0.3, 0.4) is 0 Å². The first-order valence-corrected chi connectivity index (χ1v) is 4.64. The zero-order valence-corrected chi connectivity index (χ0v) is 8.19. The molecule has 0 aromatic rings. The molecule has 0 spiro atoms. The molecule has 1 aliphatic heterocycles. The number of ether oxygens (including phenoxy) is 2. The largest absolute Gasteiger partial charge is 0.394 e. The second-order valence-electron chi connectivity index (χ2n) is 3.32. The summed E-state index contributed by atoms with van der Waals surface area (Å²) in [6.45, 7) is 3.09. The van der Waals surface area contributed by atoms with E-state index in [4.69, 9.17) is 14.6 Å². The topological polar surface area (TPSA) is 99.4 Å². The molecule has 15 heavy (non-hydrogen) atoms. The lowest BCUT2D eigenvalue weighted by Crippen LogP contribution is -2.59. The molecule has 0 bridgehead atoms. The van der Waals surface area contributed by atoms with Crippen molar-refractivity contribution in [1.82, 2.24) is 0 Å². The minimum Gasteiger partial charge on any atom is -0.394 e. The molecule has 1 heterocycles. The number of hydrogen-bond acceptors (Lipinski definition) is 6. The fourth-order valence-electron chi connectivity index (χ4n) is 1.44. The van der Waals surface area contributed by atoms with E-state index in [1.807, 2.05) is 0 Å². The van der Waals surface area contributed by atoms with Crippen LogP contribution in [0, 0.1) is 0 Å². The van der Waals surface area contributed by atoms with Gasteiger partial charge in [0.15, 0.2) is 6.29 Å². The standard InChI is InChI=1S/C9H16O6/c1-2-3-14-8-6(11)5(4-10)15-9(13)7(8)12/h2,5-13H,1,3-4H2/t5-,6-,7+,8+,9+/m1/s1. The molecule has 0 saturated carbocycles. The molecule has 0 aromatic heterocycles. The van der Waals surface area contributed by atoms with Gasteiger partial charge in [-0.3, -0.25) is 0 Å². The Bertz CT molecular complexity index is 209. The molecule has 0 aromatic carbocycles. The molecular weight excluding hydrogens is 204 g/mol. The molecular formula is C9H16O6. The zero-order valence-electron chi connectivity index (χ0n) is 8.19. The number of aliphatic hydroxyl groups is 4. The van der Waals surface area contributed by atoms with E-state index in [2.05, 4.69) is 6.58 Å². The van der Waals surface area contributed by atoms with Gasteiger partial charge in [0.2, 0.25) is 0 Å². The van der Waals surface area contributed by atoms with Crippen LogP contribution in [0.5, 0.6) is 0 Å². The third-order valence-corrected chi connectivity index (χ3v) is 2.25. The molecule has 4 N–H and O–H groups in total. The molecule has 6 nitrogen and oxygen atoms in total. The van der Waals surface area contributed by atoms with Crippen molar-refractivity contribution < 1.29 is 29.9 Å². The monoisotopic (exact) mass is 220 g/mol. The molecule has 5 atom stereocenters. The minimum absolute atomic E-state index is 0.129. The summed E-state index contributed by atoms with van der Waals surface area (Å²) >= 11 is 0. The van der Waals surface area contributed by atoms with E-state index in [0.29, 0.717) is 0 Å². The van der Waals surface area contributed by atoms with E-state index >= 15 is 0 Å². The Morgan fingerprint density at radius 1 is 1.27 bits per heavy atom. The second-order valence-corrected chi connectivity index (χ2v) is 3.32. The van der Waals surface area contributed by atoms with Gasteiger partial charge in [-0.1, -0.05) is 6.08 Å². The molecule has 1 saturated heterocycles. The van der Waals surface area contributed by atoms with Crippen LogP contribution in [0.15, 0.2) is 12.7 Å². The number of aliphatic hydroxyl groups excluding tert-OH is 4. The predicted molar refractivity (Wildman–Crippen MR) is 49.9 cm³/mol. The lowest BCUT2D eigenvalue weighted by Gasteiger charge is -2.39. The Kier molecular flexibility index (Phi) is 4.65. The molecule has 0 aliphatic carbocycles. The third-order valence-electron chi connectivity index (χ3n) is 2.25. The van der Waals surface area contributed by atoms with Gasteiger partial charge in [-0.2, -0.15) is 0 Å². The Morgan fingerprint density at radius 2 is 1.93 bits per heavy atom. The molecule has 0 radical (unpaired) electrons. The van der Waals surface area contributed by atoms with Gasteiger partial charge < -0.3 is 29.9 Å². The van der Waals surface area contributed by atoms with Gasteiger partial charge in [0, 0.05) is 0 Å². The minimum atomic E-state index is -1.47. The van der Waals surface area contributed by atoms with E-state index in [-0.39, 0.29) is 6.61 Å². The van der Waals surface area contributed by atoms with Gasteiger partial charge in [-0.25, -0.2) is 0 Å². The van der Waals surface area contributed by atoms with Crippen LogP contribution >= 0.6 is 0 Å². The van der Waals surface area contributed by atoms with Crippen molar-refractivity contribution in [2.45, 2.75) is 30.7 Å². The highest BCUT2D eigenvalue weighted by Gasteiger charge is 2.44.